The Morgan fingerprint density at radius 3 is 3.09 bits per heavy atom. The van der Waals surface area contributed by atoms with Crippen LogP contribution in [0.4, 0.5) is 0 Å². The second-order valence-electron chi connectivity index (χ2n) is 2.48. The van der Waals surface area contributed by atoms with Crippen molar-refractivity contribution in [1.82, 2.24) is 9.61 Å². The van der Waals surface area contributed by atoms with Crippen LogP contribution >= 0.6 is 15.9 Å². The number of rotatable bonds is 0. The summed E-state index contributed by atoms with van der Waals surface area (Å²) >= 11 is 3.43. The minimum atomic E-state index is 1.10. The molecule has 0 saturated carbocycles. The van der Waals surface area contributed by atoms with E-state index in [4.69, 9.17) is 0 Å². The fraction of sp³-hybridized carbons (Fsp3) is 0.125. The fourth-order valence-corrected chi connectivity index (χ4v) is 1.73. The molecule has 0 fully saturated rings. The molecule has 0 aliphatic heterocycles. The van der Waals surface area contributed by atoms with Crippen molar-refractivity contribution in [3.8, 4) is 0 Å². The number of nitrogens with zero attached hydrogens (tertiary/aromatic N) is 2. The molecule has 2 nitrogen and oxygen atoms in total. The van der Waals surface area contributed by atoms with Gasteiger partial charge in [0.15, 0.2) is 0 Å². The predicted molar refractivity (Wildman–Crippen MR) is 47.6 cm³/mol. The van der Waals surface area contributed by atoms with Gasteiger partial charge in [-0.25, -0.2) is 4.52 Å². The molecular weight excluding hydrogens is 204 g/mol. The first-order chi connectivity index (χ1) is 5.27. The molecule has 0 radical (unpaired) electrons. The van der Waals surface area contributed by atoms with Crippen molar-refractivity contribution in [2.75, 3.05) is 0 Å². The van der Waals surface area contributed by atoms with E-state index >= 15 is 0 Å². The monoisotopic (exact) mass is 210 g/mol. The Morgan fingerprint density at radius 1 is 1.45 bits per heavy atom. The Labute approximate surface area is 73.0 Å². The summed E-state index contributed by atoms with van der Waals surface area (Å²) in [5.74, 6) is 0. The molecule has 0 spiro atoms. The maximum absolute atomic E-state index is 4.16. The molecule has 3 heteroatoms. The topological polar surface area (TPSA) is 17.3 Å². The van der Waals surface area contributed by atoms with Crippen LogP contribution in [-0.2, 0) is 0 Å². The molecule has 0 bridgehead atoms. The highest BCUT2D eigenvalue weighted by molar-refractivity contribution is 9.10. The van der Waals surface area contributed by atoms with Gasteiger partial charge in [-0.3, -0.25) is 0 Å². The van der Waals surface area contributed by atoms with Crippen molar-refractivity contribution in [3.05, 3.63) is 34.6 Å². The van der Waals surface area contributed by atoms with Gasteiger partial charge < -0.3 is 0 Å². The summed E-state index contributed by atoms with van der Waals surface area (Å²) in [6.07, 6.45) is 1.80. The van der Waals surface area contributed by atoms with Crippen LogP contribution in [0.5, 0.6) is 0 Å². The lowest BCUT2D eigenvalue weighted by Gasteiger charge is -1.98. The molecular formula is C8H7BrN2. The van der Waals surface area contributed by atoms with E-state index in [2.05, 4.69) is 21.0 Å². The third kappa shape index (κ3) is 1.05. The first-order valence-electron chi connectivity index (χ1n) is 3.37. The molecule has 0 aliphatic rings. The van der Waals surface area contributed by atoms with Crippen molar-refractivity contribution < 1.29 is 0 Å². The fourth-order valence-electron chi connectivity index (χ4n) is 1.16. The van der Waals surface area contributed by atoms with Gasteiger partial charge in [0.05, 0.1) is 5.52 Å². The lowest BCUT2D eigenvalue weighted by molar-refractivity contribution is 0.913. The molecule has 2 heterocycles. The maximum Gasteiger partial charge on any atom is 0.0675 e. The van der Waals surface area contributed by atoms with Crippen LogP contribution in [0.2, 0.25) is 0 Å². The van der Waals surface area contributed by atoms with Crippen molar-refractivity contribution in [2.45, 2.75) is 6.92 Å². The molecule has 56 valence electrons. The Hall–Kier alpha value is -0.830. The molecule has 0 atom stereocenters. The van der Waals surface area contributed by atoms with Gasteiger partial charge in [-0.05, 0) is 25.1 Å². The number of halogens is 1. The van der Waals surface area contributed by atoms with Gasteiger partial charge in [-0.15, -0.1) is 0 Å². The summed E-state index contributed by atoms with van der Waals surface area (Å²) in [5, 5.41) is 4.16. The second kappa shape index (κ2) is 2.34. The van der Waals surface area contributed by atoms with Crippen LogP contribution in [0.25, 0.3) is 5.52 Å². The van der Waals surface area contributed by atoms with E-state index in [9.17, 15) is 0 Å². The van der Waals surface area contributed by atoms with Crippen LogP contribution in [0.15, 0.2) is 28.9 Å². The first-order valence-corrected chi connectivity index (χ1v) is 4.16. The molecule has 0 unspecified atom stereocenters. The molecule has 0 aliphatic carbocycles. The van der Waals surface area contributed by atoms with Gasteiger partial charge in [-0.1, -0.05) is 15.9 Å². The number of aryl methyl sites for hydroxylation is 1. The predicted octanol–water partition coefficient (Wildman–Crippen LogP) is 2.41. The van der Waals surface area contributed by atoms with Crippen molar-refractivity contribution in [1.29, 1.82) is 0 Å². The number of fused-ring (bicyclic) bond motifs is 1. The highest BCUT2D eigenvalue weighted by atomic mass is 79.9. The lowest BCUT2D eigenvalue weighted by atomic mass is 10.3. The number of hydrogen-bond donors (Lipinski definition) is 0. The van der Waals surface area contributed by atoms with Gasteiger partial charge >= 0.3 is 0 Å². The van der Waals surface area contributed by atoms with E-state index in [1.807, 2.05) is 29.6 Å². The van der Waals surface area contributed by atoms with Gasteiger partial charge in [0.1, 0.15) is 0 Å². The summed E-state index contributed by atoms with van der Waals surface area (Å²) in [5.41, 5.74) is 2.26. The highest BCUT2D eigenvalue weighted by Gasteiger charge is 1.97. The Morgan fingerprint density at radius 2 is 2.27 bits per heavy atom. The third-order valence-corrected chi connectivity index (χ3v) is 2.10. The van der Waals surface area contributed by atoms with E-state index in [0.717, 1.165) is 15.7 Å². The summed E-state index contributed by atoms with van der Waals surface area (Å²) in [7, 11) is 0. The average Bonchev–Trinajstić information content (AvgIpc) is 2.34. The van der Waals surface area contributed by atoms with Crippen LogP contribution < -0.4 is 0 Å². The van der Waals surface area contributed by atoms with E-state index in [1.165, 1.54) is 0 Å². The van der Waals surface area contributed by atoms with Gasteiger partial charge in [0, 0.05) is 16.4 Å². The van der Waals surface area contributed by atoms with Crippen LogP contribution in [0.3, 0.4) is 0 Å². The van der Waals surface area contributed by atoms with E-state index in [0.29, 0.717) is 0 Å². The molecule has 11 heavy (non-hydrogen) atoms. The zero-order chi connectivity index (χ0) is 7.84. The summed E-state index contributed by atoms with van der Waals surface area (Å²) < 4.78 is 3.01. The molecule has 0 saturated heterocycles. The Balaban J connectivity index is 2.91. The molecule has 2 aromatic rings. The summed E-state index contributed by atoms with van der Waals surface area (Å²) in [6, 6.07) is 6.07. The van der Waals surface area contributed by atoms with E-state index in [-0.39, 0.29) is 0 Å². The van der Waals surface area contributed by atoms with Crippen molar-refractivity contribution >= 4 is 21.4 Å². The van der Waals surface area contributed by atoms with Crippen molar-refractivity contribution in [3.63, 3.8) is 0 Å². The molecule has 2 aromatic heterocycles. The number of aromatic nitrogens is 2. The van der Waals surface area contributed by atoms with Gasteiger partial charge in [-0.2, -0.15) is 5.10 Å². The molecule has 2 rings (SSSR count). The Bertz CT molecular complexity index is 392. The molecule has 0 aromatic carbocycles. The molecule has 0 N–H and O–H groups in total. The first kappa shape index (κ1) is 6.85. The lowest BCUT2D eigenvalue weighted by Crippen LogP contribution is -1.91. The van der Waals surface area contributed by atoms with Gasteiger partial charge in [0.2, 0.25) is 0 Å². The largest absolute Gasteiger partial charge is 0.238 e. The SMILES string of the molecule is Cc1cc(Br)cc2ccnn12. The zero-order valence-electron chi connectivity index (χ0n) is 6.08. The van der Waals surface area contributed by atoms with Crippen LogP contribution in [-0.4, -0.2) is 9.61 Å². The van der Waals surface area contributed by atoms with Crippen molar-refractivity contribution in [2.24, 2.45) is 0 Å². The maximum atomic E-state index is 4.16. The minimum Gasteiger partial charge on any atom is -0.238 e. The average molecular weight is 211 g/mol. The number of pyridine rings is 1. The Kier molecular flexibility index (Phi) is 1.46. The summed E-state index contributed by atoms with van der Waals surface area (Å²) in [6.45, 7) is 2.03. The summed E-state index contributed by atoms with van der Waals surface area (Å²) in [4.78, 5) is 0. The highest BCUT2D eigenvalue weighted by Crippen LogP contribution is 2.15. The third-order valence-electron chi connectivity index (χ3n) is 1.64. The molecule has 0 amide bonds. The van der Waals surface area contributed by atoms with Crippen LogP contribution in [0.1, 0.15) is 5.69 Å². The quantitative estimate of drug-likeness (QED) is 0.653. The normalized spacial score (nSPS) is 10.7. The standard InChI is InChI=1S/C8H7BrN2/c1-6-4-7(9)5-8-2-3-10-11(6)8/h2-5H,1H3. The van der Waals surface area contributed by atoms with Gasteiger partial charge in [0.25, 0.3) is 0 Å². The number of hydrogen-bond acceptors (Lipinski definition) is 1. The van der Waals surface area contributed by atoms with E-state index < -0.39 is 0 Å². The van der Waals surface area contributed by atoms with E-state index in [1.54, 1.807) is 6.20 Å². The van der Waals surface area contributed by atoms with Crippen LogP contribution in [0, 0.1) is 6.92 Å². The minimum absolute atomic E-state index is 1.10. The smallest absolute Gasteiger partial charge is 0.0675 e. The zero-order valence-corrected chi connectivity index (χ0v) is 7.67. The second-order valence-corrected chi connectivity index (χ2v) is 3.40.